The summed E-state index contributed by atoms with van der Waals surface area (Å²) in [5.41, 5.74) is 0.873. The first kappa shape index (κ1) is 21.7. The van der Waals surface area contributed by atoms with Gasteiger partial charge in [0, 0.05) is 37.9 Å². The molecule has 0 unspecified atom stereocenters. The van der Waals surface area contributed by atoms with Crippen LogP contribution in [-0.4, -0.2) is 59.0 Å². The Morgan fingerprint density at radius 1 is 1.24 bits per heavy atom. The Morgan fingerprint density at radius 2 is 1.90 bits per heavy atom. The van der Waals surface area contributed by atoms with Gasteiger partial charge in [-0.3, -0.25) is 9.48 Å². The van der Waals surface area contributed by atoms with Gasteiger partial charge in [-0.25, -0.2) is 0 Å². The Labute approximate surface area is 180 Å². The number of carbonyl (C=O) groups excluding carboxylic acids is 1. The predicted molar refractivity (Wildman–Crippen MR) is 114 cm³/mol. The number of methoxy groups -OCH3 is 1. The molecule has 158 valence electrons. The number of aromatic nitrogens is 2. The van der Waals surface area contributed by atoms with E-state index in [9.17, 15) is 9.90 Å². The molecule has 1 aliphatic heterocycles. The van der Waals surface area contributed by atoms with Gasteiger partial charge in [-0.05, 0) is 32.9 Å². The van der Waals surface area contributed by atoms with E-state index in [1.165, 1.54) is 4.68 Å². The molecule has 0 atom stereocenters. The number of ether oxygens (including phenoxy) is 1. The fourth-order valence-corrected chi connectivity index (χ4v) is 4.11. The van der Waals surface area contributed by atoms with E-state index in [1.807, 2.05) is 23.1 Å². The first-order chi connectivity index (χ1) is 13.6. The van der Waals surface area contributed by atoms with Crippen LogP contribution < -0.4 is 9.64 Å². The minimum atomic E-state index is -1.19. The Bertz CT molecular complexity index is 900. The van der Waals surface area contributed by atoms with E-state index in [0.717, 1.165) is 5.69 Å². The molecule has 0 aliphatic carbocycles. The van der Waals surface area contributed by atoms with Crippen LogP contribution in [0.25, 0.3) is 0 Å². The lowest BCUT2D eigenvalue weighted by Gasteiger charge is -2.36. The van der Waals surface area contributed by atoms with E-state index in [0.29, 0.717) is 53.4 Å². The van der Waals surface area contributed by atoms with Gasteiger partial charge in [-0.15, -0.1) is 0 Å². The summed E-state index contributed by atoms with van der Waals surface area (Å²) in [5.74, 6) is 0.579. The quantitative estimate of drug-likeness (QED) is 0.773. The summed E-state index contributed by atoms with van der Waals surface area (Å²) in [6.45, 7) is 7.66. The number of halogens is 2. The van der Waals surface area contributed by atoms with Crippen molar-refractivity contribution in [3.05, 3.63) is 39.6 Å². The van der Waals surface area contributed by atoms with Gasteiger partial charge >= 0.3 is 0 Å². The second kappa shape index (κ2) is 8.42. The maximum atomic E-state index is 12.8. The smallest absolute Gasteiger partial charge is 0.244 e. The summed E-state index contributed by atoms with van der Waals surface area (Å²) in [5, 5.41) is 15.7. The molecular formula is C20H26Cl2N4O3. The van der Waals surface area contributed by atoms with E-state index < -0.39 is 5.60 Å². The normalized spacial score (nSPS) is 15.0. The first-order valence-corrected chi connectivity index (χ1v) is 10.2. The van der Waals surface area contributed by atoms with Crippen molar-refractivity contribution in [2.24, 2.45) is 0 Å². The summed E-state index contributed by atoms with van der Waals surface area (Å²) in [6.07, 6.45) is 0. The van der Waals surface area contributed by atoms with E-state index in [2.05, 4.69) is 10.00 Å². The van der Waals surface area contributed by atoms with Crippen molar-refractivity contribution in [3.8, 4) is 5.75 Å². The Hall–Kier alpha value is -1.96. The lowest BCUT2D eigenvalue weighted by Crippen LogP contribution is -2.49. The van der Waals surface area contributed by atoms with Crippen LogP contribution >= 0.6 is 23.2 Å². The highest BCUT2D eigenvalue weighted by Gasteiger charge is 2.29. The van der Waals surface area contributed by atoms with Crippen LogP contribution in [0.2, 0.25) is 10.0 Å². The lowest BCUT2D eigenvalue weighted by atomic mass is 10.1. The van der Waals surface area contributed by atoms with Gasteiger partial charge in [0.15, 0.2) is 0 Å². The number of aryl methyl sites for hydroxylation is 1. The van der Waals surface area contributed by atoms with Gasteiger partial charge < -0.3 is 19.6 Å². The topological polar surface area (TPSA) is 70.8 Å². The lowest BCUT2D eigenvalue weighted by molar-refractivity contribution is -0.132. The van der Waals surface area contributed by atoms with E-state index in [-0.39, 0.29) is 12.5 Å². The zero-order chi connectivity index (χ0) is 21.3. The van der Waals surface area contributed by atoms with Crippen LogP contribution in [-0.2, 0) is 16.9 Å². The van der Waals surface area contributed by atoms with Crippen molar-refractivity contribution in [3.63, 3.8) is 0 Å². The molecule has 1 aromatic carbocycles. The molecule has 2 aromatic rings. The number of anilines is 1. The molecule has 0 radical (unpaired) electrons. The molecule has 1 aromatic heterocycles. The summed E-state index contributed by atoms with van der Waals surface area (Å²) in [4.78, 5) is 16.8. The molecule has 29 heavy (non-hydrogen) atoms. The molecule has 1 fully saturated rings. The van der Waals surface area contributed by atoms with Crippen molar-refractivity contribution in [2.45, 2.75) is 32.9 Å². The summed E-state index contributed by atoms with van der Waals surface area (Å²) in [6, 6.07) is 5.67. The number of aliphatic hydroxyl groups is 1. The van der Waals surface area contributed by atoms with Crippen molar-refractivity contribution in [1.29, 1.82) is 0 Å². The monoisotopic (exact) mass is 440 g/mol. The minimum Gasteiger partial charge on any atom is -0.495 e. The Morgan fingerprint density at radius 3 is 2.48 bits per heavy atom. The molecule has 1 aliphatic rings. The summed E-state index contributed by atoms with van der Waals surface area (Å²) >= 11 is 12.4. The fourth-order valence-electron chi connectivity index (χ4n) is 3.55. The van der Waals surface area contributed by atoms with Gasteiger partial charge in [0.05, 0.1) is 28.5 Å². The molecule has 0 saturated carbocycles. The number of nitrogens with zero attached hydrogens (tertiary/aromatic N) is 4. The van der Waals surface area contributed by atoms with Crippen molar-refractivity contribution in [1.82, 2.24) is 14.7 Å². The molecule has 0 bridgehead atoms. The molecule has 1 N–H and O–H groups in total. The van der Waals surface area contributed by atoms with Crippen LogP contribution in [0.15, 0.2) is 18.2 Å². The number of hydrogen-bond donors (Lipinski definition) is 1. The van der Waals surface area contributed by atoms with Crippen molar-refractivity contribution in [2.75, 3.05) is 38.2 Å². The van der Waals surface area contributed by atoms with Gasteiger partial charge in [-0.1, -0.05) is 23.2 Å². The molecule has 1 amide bonds. The van der Waals surface area contributed by atoms with Crippen LogP contribution in [0.4, 0.5) is 5.69 Å². The predicted octanol–water partition coefficient (Wildman–Crippen LogP) is 3.08. The Kier molecular flexibility index (Phi) is 6.31. The second-order valence-corrected chi connectivity index (χ2v) is 8.44. The van der Waals surface area contributed by atoms with E-state index in [1.54, 1.807) is 27.9 Å². The molecule has 9 heteroatoms. The average Bonchev–Trinajstić information content (AvgIpc) is 2.95. The molecule has 0 spiro atoms. The first-order valence-electron chi connectivity index (χ1n) is 9.44. The number of amides is 1. The summed E-state index contributed by atoms with van der Waals surface area (Å²) in [7, 11) is 1.59. The maximum absolute atomic E-state index is 12.8. The third-order valence-electron chi connectivity index (χ3n) is 5.05. The van der Waals surface area contributed by atoms with Gasteiger partial charge in [0.2, 0.25) is 5.91 Å². The molecular weight excluding hydrogens is 415 g/mol. The van der Waals surface area contributed by atoms with Crippen molar-refractivity contribution >= 4 is 34.8 Å². The largest absolute Gasteiger partial charge is 0.495 e. The molecule has 3 rings (SSSR count). The third kappa shape index (κ3) is 4.63. The maximum Gasteiger partial charge on any atom is 0.244 e. The minimum absolute atomic E-state index is 0.0433. The number of piperazine rings is 1. The fraction of sp³-hybridized carbons (Fsp3) is 0.500. The Balaban J connectivity index is 1.66. The number of carbonyl (C=O) groups is 1. The van der Waals surface area contributed by atoms with Crippen LogP contribution in [0.5, 0.6) is 5.75 Å². The third-order valence-corrected chi connectivity index (χ3v) is 5.82. The van der Waals surface area contributed by atoms with Crippen LogP contribution in [0.3, 0.4) is 0 Å². The van der Waals surface area contributed by atoms with E-state index in [4.69, 9.17) is 27.9 Å². The van der Waals surface area contributed by atoms with Gasteiger partial charge in [-0.2, -0.15) is 5.10 Å². The van der Waals surface area contributed by atoms with Crippen LogP contribution in [0.1, 0.15) is 25.2 Å². The number of benzene rings is 1. The highest BCUT2D eigenvalue weighted by Crippen LogP contribution is 2.31. The van der Waals surface area contributed by atoms with Crippen LogP contribution in [0, 0.1) is 6.92 Å². The van der Waals surface area contributed by atoms with Crippen molar-refractivity contribution < 1.29 is 14.6 Å². The zero-order valence-corrected chi connectivity index (χ0v) is 18.6. The summed E-state index contributed by atoms with van der Waals surface area (Å²) < 4.78 is 6.80. The SMILES string of the molecule is COc1cc(N2CCN(C(=O)Cn3nc(C)c(Cl)c3C(C)(C)O)CC2)ccc1Cl. The van der Waals surface area contributed by atoms with Gasteiger partial charge in [0.25, 0.3) is 0 Å². The molecule has 1 saturated heterocycles. The standard InChI is InChI=1S/C20H26Cl2N4O3/c1-13-18(22)19(20(2,3)28)26(23-13)12-17(27)25-9-7-24(8-10-25)14-5-6-15(21)16(11-14)29-4/h5-6,11,28H,7-10,12H2,1-4H3. The highest BCUT2D eigenvalue weighted by atomic mass is 35.5. The number of rotatable bonds is 5. The molecule has 7 nitrogen and oxygen atoms in total. The second-order valence-electron chi connectivity index (χ2n) is 7.65. The average molecular weight is 441 g/mol. The van der Waals surface area contributed by atoms with E-state index >= 15 is 0 Å². The zero-order valence-electron chi connectivity index (χ0n) is 17.1. The van der Waals surface area contributed by atoms with Gasteiger partial charge in [0.1, 0.15) is 17.9 Å². The molecule has 2 heterocycles. The highest BCUT2D eigenvalue weighted by molar-refractivity contribution is 6.32. The number of hydrogen-bond acceptors (Lipinski definition) is 5.